The molecule has 108 valence electrons. The van der Waals surface area contributed by atoms with Crippen LogP contribution >= 0.6 is 0 Å². The Bertz CT molecular complexity index is 462. The van der Waals surface area contributed by atoms with Gasteiger partial charge in [0.2, 0.25) is 6.41 Å². The Balaban J connectivity index is 2.85. The van der Waals surface area contributed by atoms with Crippen molar-refractivity contribution >= 4 is 23.9 Å². The molecule has 1 aromatic rings. The number of nitrogens with two attached hydrogens (primary N) is 1. The largest absolute Gasteiger partial charge is 0.330 e. The maximum atomic E-state index is 12.2. The van der Waals surface area contributed by atoms with Crippen LogP contribution in [0.15, 0.2) is 30.3 Å². The summed E-state index contributed by atoms with van der Waals surface area (Å²) >= 11 is 0. The van der Waals surface area contributed by atoms with Gasteiger partial charge in [-0.1, -0.05) is 18.2 Å². The Morgan fingerprint density at radius 2 is 1.85 bits per heavy atom. The van der Waals surface area contributed by atoms with E-state index in [4.69, 9.17) is 5.73 Å². The second-order valence-corrected chi connectivity index (χ2v) is 4.13. The molecule has 0 aliphatic carbocycles. The minimum absolute atomic E-state index is 0.150. The van der Waals surface area contributed by atoms with Crippen LogP contribution in [0.3, 0.4) is 0 Å². The number of carbonyl (C=O) groups excluding carboxylic acids is 3. The van der Waals surface area contributed by atoms with E-state index in [2.05, 4.69) is 0 Å². The summed E-state index contributed by atoms with van der Waals surface area (Å²) < 4.78 is 0. The Labute approximate surface area is 118 Å². The molecule has 0 aliphatic rings. The molecule has 0 fully saturated rings. The topological polar surface area (TPSA) is 83.7 Å². The number of imide groups is 1. The van der Waals surface area contributed by atoms with Gasteiger partial charge in [0, 0.05) is 18.8 Å². The van der Waals surface area contributed by atoms with Crippen LogP contribution < -0.4 is 10.6 Å². The molecule has 6 nitrogen and oxygen atoms in total. The van der Waals surface area contributed by atoms with Gasteiger partial charge in [0.1, 0.15) is 0 Å². The van der Waals surface area contributed by atoms with Gasteiger partial charge in [-0.2, -0.15) is 0 Å². The van der Waals surface area contributed by atoms with E-state index < -0.39 is 11.8 Å². The summed E-state index contributed by atoms with van der Waals surface area (Å²) in [5.74, 6) is -1.55. The zero-order valence-corrected chi connectivity index (χ0v) is 11.5. The van der Waals surface area contributed by atoms with Crippen molar-refractivity contribution in [2.75, 3.05) is 24.5 Å². The van der Waals surface area contributed by atoms with Crippen molar-refractivity contribution in [3.63, 3.8) is 0 Å². The number of hydrogen-bond donors (Lipinski definition) is 1. The summed E-state index contributed by atoms with van der Waals surface area (Å²) in [4.78, 5) is 37.3. The summed E-state index contributed by atoms with van der Waals surface area (Å²) in [5, 5.41) is 0. The molecule has 0 spiro atoms. The molecule has 0 unspecified atom stereocenters. The average Bonchev–Trinajstić information content (AvgIpc) is 2.49. The maximum absolute atomic E-state index is 12.2. The highest BCUT2D eigenvalue weighted by Gasteiger charge is 2.26. The minimum atomic E-state index is -0.834. The second-order valence-electron chi connectivity index (χ2n) is 4.13. The van der Waals surface area contributed by atoms with Crippen molar-refractivity contribution < 1.29 is 14.4 Å². The number of likely N-dealkylation sites (N-methyl/N-ethyl adjacent to an activating group) is 1. The van der Waals surface area contributed by atoms with E-state index in [1.165, 1.54) is 4.90 Å². The zero-order valence-electron chi connectivity index (χ0n) is 11.5. The first kappa shape index (κ1) is 15.8. The predicted molar refractivity (Wildman–Crippen MR) is 75.9 cm³/mol. The van der Waals surface area contributed by atoms with Gasteiger partial charge < -0.3 is 10.6 Å². The van der Waals surface area contributed by atoms with Crippen LogP contribution in [0.25, 0.3) is 0 Å². The quantitative estimate of drug-likeness (QED) is 0.601. The van der Waals surface area contributed by atoms with Crippen molar-refractivity contribution in [1.82, 2.24) is 4.90 Å². The highest BCUT2D eigenvalue weighted by atomic mass is 16.2. The van der Waals surface area contributed by atoms with Crippen LogP contribution in [-0.2, 0) is 14.4 Å². The lowest BCUT2D eigenvalue weighted by molar-refractivity contribution is -0.147. The van der Waals surface area contributed by atoms with Crippen molar-refractivity contribution in [2.24, 2.45) is 5.73 Å². The molecule has 0 atom stereocenters. The van der Waals surface area contributed by atoms with Crippen LogP contribution in [0.2, 0.25) is 0 Å². The van der Waals surface area contributed by atoms with E-state index in [0.717, 1.165) is 4.90 Å². The molecule has 0 radical (unpaired) electrons. The fourth-order valence-corrected chi connectivity index (χ4v) is 1.75. The number of carbonyl (C=O) groups is 3. The van der Waals surface area contributed by atoms with Crippen molar-refractivity contribution in [1.29, 1.82) is 0 Å². The molecule has 1 aromatic carbocycles. The summed E-state index contributed by atoms with van der Waals surface area (Å²) in [6.45, 7) is 2.61. The van der Waals surface area contributed by atoms with Crippen LogP contribution in [-0.4, -0.2) is 42.8 Å². The third-order valence-corrected chi connectivity index (χ3v) is 2.80. The number of hydrogen-bond acceptors (Lipinski definition) is 4. The van der Waals surface area contributed by atoms with E-state index >= 15 is 0 Å². The molecule has 0 heterocycles. The van der Waals surface area contributed by atoms with Gasteiger partial charge in [-0.15, -0.1) is 0 Å². The van der Waals surface area contributed by atoms with Crippen molar-refractivity contribution in [3.8, 4) is 0 Å². The lowest BCUT2D eigenvalue weighted by Crippen LogP contribution is -2.45. The number of benzene rings is 1. The van der Waals surface area contributed by atoms with Gasteiger partial charge in [-0.05, 0) is 32.0 Å². The van der Waals surface area contributed by atoms with E-state index in [1.807, 2.05) is 6.07 Å². The maximum Gasteiger partial charge on any atom is 0.318 e. The molecular formula is C14H19N3O3. The Morgan fingerprint density at radius 3 is 2.35 bits per heavy atom. The minimum Gasteiger partial charge on any atom is -0.330 e. The SMILES string of the molecule is CCN(C(=O)C(=O)N(C=O)CCCN)c1ccccc1. The van der Waals surface area contributed by atoms with Crippen molar-refractivity contribution in [3.05, 3.63) is 30.3 Å². The first-order valence-electron chi connectivity index (χ1n) is 6.48. The van der Waals surface area contributed by atoms with Gasteiger partial charge in [0.25, 0.3) is 0 Å². The fraction of sp³-hybridized carbons (Fsp3) is 0.357. The summed E-state index contributed by atoms with van der Waals surface area (Å²) in [6, 6.07) is 8.85. The first-order chi connectivity index (χ1) is 9.65. The molecule has 2 N–H and O–H groups in total. The molecule has 20 heavy (non-hydrogen) atoms. The van der Waals surface area contributed by atoms with Gasteiger partial charge in [-0.3, -0.25) is 19.3 Å². The standard InChI is InChI=1S/C14H19N3O3/c1-2-17(12-7-4-3-5-8-12)14(20)13(19)16(11-18)10-6-9-15/h3-5,7-8,11H,2,6,9-10,15H2,1H3. The summed E-state index contributed by atoms with van der Waals surface area (Å²) in [6.07, 6.45) is 0.837. The molecule has 0 saturated carbocycles. The molecule has 0 bridgehead atoms. The van der Waals surface area contributed by atoms with Crippen molar-refractivity contribution in [2.45, 2.75) is 13.3 Å². The highest BCUT2D eigenvalue weighted by Crippen LogP contribution is 2.13. The highest BCUT2D eigenvalue weighted by molar-refractivity contribution is 6.41. The van der Waals surface area contributed by atoms with Gasteiger partial charge >= 0.3 is 11.8 Å². The van der Waals surface area contributed by atoms with E-state index in [1.54, 1.807) is 31.2 Å². The molecule has 3 amide bonds. The van der Waals surface area contributed by atoms with Crippen LogP contribution in [0.1, 0.15) is 13.3 Å². The average molecular weight is 277 g/mol. The summed E-state index contributed by atoms with van der Waals surface area (Å²) in [7, 11) is 0. The molecule has 6 heteroatoms. The number of para-hydroxylation sites is 1. The number of rotatable bonds is 6. The van der Waals surface area contributed by atoms with Gasteiger partial charge in [-0.25, -0.2) is 0 Å². The molecule has 0 aromatic heterocycles. The van der Waals surface area contributed by atoms with Crippen LogP contribution in [0.4, 0.5) is 5.69 Å². The predicted octanol–water partition coefficient (Wildman–Crippen LogP) is 0.373. The van der Waals surface area contributed by atoms with E-state index in [0.29, 0.717) is 31.6 Å². The Hall–Kier alpha value is -2.21. The van der Waals surface area contributed by atoms with E-state index in [-0.39, 0.29) is 6.54 Å². The number of nitrogens with zero attached hydrogens (tertiary/aromatic N) is 2. The van der Waals surface area contributed by atoms with Gasteiger partial charge in [0.15, 0.2) is 0 Å². The third-order valence-electron chi connectivity index (χ3n) is 2.80. The third kappa shape index (κ3) is 3.89. The van der Waals surface area contributed by atoms with E-state index in [9.17, 15) is 14.4 Å². The lowest BCUT2D eigenvalue weighted by atomic mass is 10.2. The normalized spacial score (nSPS) is 9.90. The van der Waals surface area contributed by atoms with Crippen LogP contribution in [0.5, 0.6) is 0 Å². The van der Waals surface area contributed by atoms with Crippen LogP contribution in [0, 0.1) is 0 Å². The smallest absolute Gasteiger partial charge is 0.318 e. The zero-order chi connectivity index (χ0) is 15.0. The first-order valence-corrected chi connectivity index (χ1v) is 6.48. The second kappa shape index (κ2) is 8.06. The fourth-order valence-electron chi connectivity index (χ4n) is 1.75. The lowest BCUT2D eigenvalue weighted by Gasteiger charge is -2.23. The van der Waals surface area contributed by atoms with Gasteiger partial charge in [0.05, 0.1) is 0 Å². The monoisotopic (exact) mass is 277 g/mol. The molecular weight excluding hydrogens is 258 g/mol. The molecule has 0 aliphatic heterocycles. The molecule has 1 rings (SSSR count). The number of amides is 3. The molecule has 0 saturated heterocycles. The Morgan fingerprint density at radius 1 is 1.20 bits per heavy atom. The summed E-state index contributed by atoms with van der Waals surface area (Å²) in [5.41, 5.74) is 5.96. The Kier molecular flexibility index (Phi) is 6.39. The number of anilines is 1.